The molecule has 1 aliphatic rings. The maximum absolute atomic E-state index is 6.45. The van der Waals surface area contributed by atoms with Crippen molar-refractivity contribution < 1.29 is 4.74 Å². The first kappa shape index (κ1) is 12.7. The zero-order valence-corrected chi connectivity index (χ0v) is 12.2. The van der Waals surface area contributed by atoms with Gasteiger partial charge in [-0.1, -0.05) is 17.7 Å². The summed E-state index contributed by atoms with van der Waals surface area (Å²) in [6.45, 7) is 2.09. The Labute approximate surface area is 118 Å². The van der Waals surface area contributed by atoms with Crippen LogP contribution in [-0.4, -0.2) is 7.11 Å². The molecular formula is C16H19NOS. The highest BCUT2D eigenvalue weighted by Gasteiger charge is 2.21. The molecule has 3 rings (SSSR count). The van der Waals surface area contributed by atoms with Gasteiger partial charge >= 0.3 is 0 Å². The first-order valence-electron chi connectivity index (χ1n) is 6.70. The number of fused-ring (bicyclic) bond motifs is 1. The van der Waals surface area contributed by atoms with Crippen molar-refractivity contribution in [2.75, 3.05) is 7.11 Å². The summed E-state index contributed by atoms with van der Waals surface area (Å²) >= 11 is 1.87. The Morgan fingerprint density at radius 1 is 1.26 bits per heavy atom. The fourth-order valence-electron chi connectivity index (χ4n) is 2.76. The van der Waals surface area contributed by atoms with E-state index in [1.54, 1.807) is 7.11 Å². The van der Waals surface area contributed by atoms with Crippen LogP contribution in [0.3, 0.4) is 0 Å². The van der Waals surface area contributed by atoms with Crippen molar-refractivity contribution in [3.05, 3.63) is 50.7 Å². The molecule has 2 aromatic rings. The molecule has 0 saturated carbocycles. The second-order valence-electron chi connectivity index (χ2n) is 5.17. The molecule has 19 heavy (non-hydrogen) atoms. The molecule has 1 heterocycles. The number of hydrogen-bond donors (Lipinski definition) is 1. The highest BCUT2D eigenvalue weighted by Crippen LogP contribution is 2.37. The molecule has 0 saturated heterocycles. The van der Waals surface area contributed by atoms with Crippen LogP contribution >= 0.6 is 11.3 Å². The summed E-state index contributed by atoms with van der Waals surface area (Å²) in [5.41, 5.74) is 10.3. The summed E-state index contributed by atoms with van der Waals surface area (Å²) < 4.78 is 5.44. The van der Waals surface area contributed by atoms with Gasteiger partial charge in [0.05, 0.1) is 13.2 Å². The normalized spacial score (nSPS) is 15.3. The smallest absolute Gasteiger partial charge is 0.124 e. The molecule has 2 nitrogen and oxygen atoms in total. The monoisotopic (exact) mass is 273 g/mol. The van der Waals surface area contributed by atoms with E-state index in [0.717, 1.165) is 11.3 Å². The fourth-order valence-corrected chi connectivity index (χ4v) is 4.03. The Balaban J connectivity index is 1.98. The third kappa shape index (κ3) is 2.28. The van der Waals surface area contributed by atoms with Gasteiger partial charge in [-0.25, -0.2) is 0 Å². The Morgan fingerprint density at radius 2 is 2.11 bits per heavy atom. The van der Waals surface area contributed by atoms with Crippen LogP contribution in [0.4, 0.5) is 0 Å². The number of thiophene rings is 1. The van der Waals surface area contributed by atoms with Crippen molar-refractivity contribution >= 4 is 11.3 Å². The Kier molecular flexibility index (Phi) is 3.33. The lowest BCUT2D eigenvalue weighted by atomic mass is 10.0. The van der Waals surface area contributed by atoms with E-state index in [1.807, 2.05) is 17.4 Å². The van der Waals surface area contributed by atoms with Gasteiger partial charge in [0.15, 0.2) is 0 Å². The molecule has 0 fully saturated rings. The maximum Gasteiger partial charge on any atom is 0.124 e. The average molecular weight is 273 g/mol. The fraction of sp³-hybridized carbons (Fsp3) is 0.375. The average Bonchev–Trinajstić information content (AvgIpc) is 2.98. The predicted molar refractivity (Wildman–Crippen MR) is 80.1 cm³/mol. The number of methoxy groups -OCH3 is 1. The van der Waals surface area contributed by atoms with E-state index in [0.29, 0.717) is 0 Å². The van der Waals surface area contributed by atoms with Gasteiger partial charge in [0.2, 0.25) is 0 Å². The number of benzene rings is 1. The van der Waals surface area contributed by atoms with Crippen LogP contribution in [0.2, 0.25) is 0 Å². The Hall–Kier alpha value is -1.32. The lowest BCUT2D eigenvalue weighted by Crippen LogP contribution is -2.12. The molecule has 1 unspecified atom stereocenters. The van der Waals surface area contributed by atoms with E-state index in [1.165, 1.54) is 40.1 Å². The lowest BCUT2D eigenvalue weighted by Gasteiger charge is -2.15. The van der Waals surface area contributed by atoms with Gasteiger partial charge in [-0.05, 0) is 43.9 Å². The molecule has 3 heteroatoms. The first-order valence-corrected chi connectivity index (χ1v) is 7.52. The summed E-state index contributed by atoms with van der Waals surface area (Å²) in [6.07, 6.45) is 3.73. The number of rotatable bonds is 3. The molecule has 100 valence electrons. The lowest BCUT2D eigenvalue weighted by molar-refractivity contribution is 0.408. The van der Waals surface area contributed by atoms with Crippen molar-refractivity contribution in [1.29, 1.82) is 0 Å². The van der Waals surface area contributed by atoms with E-state index < -0.39 is 0 Å². The van der Waals surface area contributed by atoms with E-state index in [9.17, 15) is 0 Å². The number of ether oxygens (including phenoxy) is 1. The third-order valence-corrected chi connectivity index (χ3v) is 5.11. The van der Waals surface area contributed by atoms with Crippen LogP contribution in [0.5, 0.6) is 5.75 Å². The molecule has 0 amide bonds. The van der Waals surface area contributed by atoms with Crippen LogP contribution in [-0.2, 0) is 12.8 Å². The Bertz CT molecular complexity index is 581. The summed E-state index contributed by atoms with van der Waals surface area (Å²) in [6, 6.07) is 8.41. The van der Waals surface area contributed by atoms with Gasteiger partial charge in [-0.3, -0.25) is 0 Å². The van der Waals surface area contributed by atoms with Crippen LogP contribution in [0, 0.1) is 6.92 Å². The predicted octanol–water partition coefficient (Wildman–Crippen LogP) is 3.60. The van der Waals surface area contributed by atoms with Gasteiger partial charge in [0, 0.05) is 15.3 Å². The van der Waals surface area contributed by atoms with Crippen molar-refractivity contribution in [1.82, 2.24) is 0 Å². The van der Waals surface area contributed by atoms with Crippen LogP contribution in [0.15, 0.2) is 24.3 Å². The van der Waals surface area contributed by atoms with Crippen molar-refractivity contribution in [3.63, 3.8) is 0 Å². The maximum atomic E-state index is 6.45. The summed E-state index contributed by atoms with van der Waals surface area (Å²) in [5.74, 6) is 0.881. The van der Waals surface area contributed by atoms with Gasteiger partial charge in [0.25, 0.3) is 0 Å². The SMILES string of the molecule is COc1ccc(C)cc1C(N)c1cc2c(s1)CCC2. The summed E-state index contributed by atoms with van der Waals surface area (Å²) in [7, 11) is 1.70. The number of nitrogens with two attached hydrogens (primary N) is 1. The van der Waals surface area contributed by atoms with E-state index in [-0.39, 0.29) is 6.04 Å². The summed E-state index contributed by atoms with van der Waals surface area (Å²) in [5, 5.41) is 0. The molecule has 1 aromatic carbocycles. The van der Waals surface area contributed by atoms with Crippen LogP contribution in [0.1, 0.15) is 38.9 Å². The second kappa shape index (κ2) is 4.99. The minimum Gasteiger partial charge on any atom is -0.496 e. The van der Waals surface area contributed by atoms with Crippen LogP contribution < -0.4 is 10.5 Å². The third-order valence-electron chi connectivity index (χ3n) is 3.79. The molecule has 0 radical (unpaired) electrons. The molecule has 1 atom stereocenters. The van der Waals surface area contributed by atoms with Crippen molar-refractivity contribution in [2.45, 2.75) is 32.2 Å². The molecule has 0 spiro atoms. The number of hydrogen-bond acceptors (Lipinski definition) is 3. The van der Waals surface area contributed by atoms with Crippen molar-refractivity contribution in [3.8, 4) is 5.75 Å². The molecule has 1 aromatic heterocycles. The molecule has 0 aliphatic heterocycles. The van der Waals surface area contributed by atoms with Crippen LogP contribution in [0.25, 0.3) is 0 Å². The highest BCUT2D eigenvalue weighted by molar-refractivity contribution is 7.12. The molecular weight excluding hydrogens is 254 g/mol. The molecule has 0 bridgehead atoms. The zero-order chi connectivity index (χ0) is 13.4. The zero-order valence-electron chi connectivity index (χ0n) is 11.4. The largest absolute Gasteiger partial charge is 0.496 e. The van der Waals surface area contributed by atoms with E-state index in [2.05, 4.69) is 25.1 Å². The second-order valence-corrected chi connectivity index (χ2v) is 6.34. The molecule has 2 N–H and O–H groups in total. The minimum atomic E-state index is -0.0783. The highest BCUT2D eigenvalue weighted by atomic mass is 32.1. The Morgan fingerprint density at radius 3 is 2.84 bits per heavy atom. The molecule has 1 aliphatic carbocycles. The summed E-state index contributed by atoms with van der Waals surface area (Å²) in [4.78, 5) is 2.78. The number of aryl methyl sites for hydroxylation is 3. The van der Waals surface area contributed by atoms with Gasteiger partial charge in [-0.15, -0.1) is 11.3 Å². The quantitative estimate of drug-likeness (QED) is 0.927. The van der Waals surface area contributed by atoms with E-state index in [4.69, 9.17) is 10.5 Å². The van der Waals surface area contributed by atoms with Gasteiger partial charge in [-0.2, -0.15) is 0 Å². The first-order chi connectivity index (χ1) is 9.19. The standard InChI is InChI=1S/C16H19NOS/c1-10-6-7-13(18-2)12(8-10)16(17)15-9-11-4-3-5-14(11)19-15/h6-9,16H,3-5,17H2,1-2H3. The van der Waals surface area contributed by atoms with Gasteiger partial charge in [0.1, 0.15) is 5.75 Å². The topological polar surface area (TPSA) is 35.2 Å². The minimum absolute atomic E-state index is 0.0783. The van der Waals surface area contributed by atoms with E-state index >= 15 is 0 Å². The van der Waals surface area contributed by atoms with Gasteiger partial charge < -0.3 is 10.5 Å². The van der Waals surface area contributed by atoms with Crippen molar-refractivity contribution in [2.24, 2.45) is 5.73 Å².